The first-order chi connectivity index (χ1) is 8.45. The maximum Gasteiger partial charge on any atom is 0.311 e. The molecule has 0 aromatic carbocycles. The first-order valence-corrected chi connectivity index (χ1v) is 6.11. The lowest BCUT2D eigenvalue weighted by molar-refractivity contribution is -0.384. The molecule has 2 N–H and O–H groups in total. The molecule has 1 heterocycles. The van der Waals surface area contributed by atoms with E-state index >= 15 is 0 Å². The molecule has 0 saturated heterocycles. The standard InChI is InChI=1S/C12H20N4O2/c1-5-13-11-7-6-10(16(17)18)12(15-11)14-9(4)8(2)3/h6-9H,5H2,1-4H3,(H2,13,14,15). The molecule has 100 valence electrons. The lowest BCUT2D eigenvalue weighted by atomic mass is 10.1. The molecule has 1 unspecified atom stereocenters. The van der Waals surface area contributed by atoms with Gasteiger partial charge in [0.1, 0.15) is 5.82 Å². The third kappa shape index (κ3) is 3.58. The molecule has 0 aliphatic carbocycles. The van der Waals surface area contributed by atoms with E-state index in [0.29, 0.717) is 17.6 Å². The highest BCUT2D eigenvalue weighted by molar-refractivity contribution is 5.60. The molecular formula is C12H20N4O2. The van der Waals surface area contributed by atoms with Gasteiger partial charge in [-0.05, 0) is 25.8 Å². The van der Waals surface area contributed by atoms with Crippen LogP contribution in [0.25, 0.3) is 0 Å². The lowest BCUT2D eigenvalue weighted by Crippen LogP contribution is -2.23. The Balaban J connectivity index is 3.03. The molecule has 1 rings (SSSR count). The van der Waals surface area contributed by atoms with Crippen molar-refractivity contribution in [3.8, 4) is 0 Å². The number of nitro groups is 1. The minimum atomic E-state index is -0.419. The van der Waals surface area contributed by atoms with E-state index in [1.807, 2.05) is 13.8 Å². The van der Waals surface area contributed by atoms with Crippen molar-refractivity contribution in [2.45, 2.75) is 33.7 Å². The number of rotatable bonds is 6. The summed E-state index contributed by atoms with van der Waals surface area (Å²) in [4.78, 5) is 14.8. The van der Waals surface area contributed by atoms with E-state index in [-0.39, 0.29) is 11.7 Å². The lowest BCUT2D eigenvalue weighted by Gasteiger charge is -2.18. The maximum atomic E-state index is 10.9. The summed E-state index contributed by atoms with van der Waals surface area (Å²) in [7, 11) is 0. The molecule has 0 spiro atoms. The highest BCUT2D eigenvalue weighted by Crippen LogP contribution is 2.25. The van der Waals surface area contributed by atoms with Gasteiger partial charge in [-0.15, -0.1) is 0 Å². The third-order valence-electron chi connectivity index (χ3n) is 2.79. The van der Waals surface area contributed by atoms with Crippen LogP contribution in [0.5, 0.6) is 0 Å². The van der Waals surface area contributed by atoms with Crippen LogP contribution in [0, 0.1) is 16.0 Å². The summed E-state index contributed by atoms with van der Waals surface area (Å²) in [6, 6.07) is 3.21. The molecule has 0 aliphatic rings. The molecule has 0 amide bonds. The zero-order valence-electron chi connectivity index (χ0n) is 11.2. The number of anilines is 2. The Kier molecular flexibility index (Phi) is 4.88. The van der Waals surface area contributed by atoms with Crippen LogP contribution in [-0.4, -0.2) is 22.5 Å². The van der Waals surface area contributed by atoms with Gasteiger partial charge >= 0.3 is 5.69 Å². The molecule has 0 bridgehead atoms. The van der Waals surface area contributed by atoms with Crippen LogP contribution in [0.2, 0.25) is 0 Å². The minimum Gasteiger partial charge on any atom is -0.370 e. The Morgan fingerprint density at radius 2 is 2.06 bits per heavy atom. The Hall–Kier alpha value is -1.85. The summed E-state index contributed by atoms with van der Waals surface area (Å²) < 4.78 is 0. The van der Waals surface area contributed by atoms with E-state index in [1.165, 1.54) is 6.07 Å². The summed E-state index contributed by atoms with van der Waals surface area (Å²) in [6.07, 6.45) is 0. The normalized spacial score (nSPS) is 12.3. The average Bonchev–Trinajstić information content (AvgIpc) is 2.29. The van der Waals surface area contributed by atoms with Crippen LogP contribution in [-0.2, 0) is 0 Å². The van der Waals surface area contributed by atoms with Crippen molar-refractivity contribution in [2.75, 3.05) is 17.2 Å². The molecule has 0 radical (unpaired) electrons. The van der Waals surface area contributed by atoms with Gasteiger partial charge in [-0.25, -0.2) is 4.98 Å². The minimum absolute atomic E-state index is 0.00385. The number of nitrogens with one attached hydrogen (secondary N) is 2. The highest BCUT2D eigenvalue weighted by Gasteiger charge is 2.18. The van der Waals surface area contributed by atoms with Crippen molar-refractivity contribution in [3.05, 3.63) is 22.2 Å². The number of hydrogen-bond acceptors (Lipinski definition) is 5. The summed E-state index contributed by atoms with van der Waals surface area (Å²) >= 11 is 0. The van der Waals surface area contributed by atoms with Gasteiger partial charge < -0.3 is 10.6 Å². The number of aromatic nitrogens is 1. The Morgan fingerprint density at radius 1 is 1.39 bits per heavy atom. The second-order valence-corrected chi connectivity index (χ2v) is 4.53. The molecule has 0 aliphatic heterocycles. The predicted molar refractivity (Wildman–Crippen MR) is 73.0 cm³/mol. The third-order valence-corrected chi connectivity index (χ3v) is 2.79. The Morgan fingerprint density at radius 3 is 2.56 bits per heavy atom. The van der Waals surface area contributed by atoms with Gasteiger partial charge in [-0.3, -0.25) is 10.1 Å². The largest absolute Gasteiger partial charge is 0.370 e. The van der Waals surface area contributed by atoms with Gasteiger partial charge in [-0.2, -0.15) is 0 Å². The summed E-state index contributed by atoms with van der Waals surface area (Å²) in [5.41, 5.74) is 0.00385. The van der Waals surface area contributed by atoms with Crippen LogP contribution in [0.4, 0.5) is 17.3 Å². The molecular weight excluding hydrogens is 232 g/mol. The molecule has 0 fully saturated rings. The van der Waals surface area contributed by atoms with Crippen molar-refractivity contribution < 1.29 is 4.92 Å². The zero-order chi connectivity index (χ0) is 13.7. The van der Waals surface area contributed by atoms with Gasteiger partial charge in [0.2, 0.25) is 5.82 Å². The van der Waals surface area contributed by atoms with Crippen LogP contribution < -0.4 is 10.6 Å². The Bertz CT molecular complexity index is 421. The number of pyridine rings is 1. The predicted octanol–water partition coefficient (Wildman–Crippen LogP) is 2.88. The summed E-state index contributed by atoms with van der Waals surface area (Å²) in [5, 5.41) is 17.1. The van der Waals surface area contributed by atoms with Gasteiger partial charge in [-0.1, -0.05) is 13.8 Å². The molecule has 18 heavy (non-hydrogen) atoms. The summed E-state index contributed by atoms with van der Waals surface area (Å²) in [6.45, 7) is 8.77. The van der Waals surface area contributed by atoms with Crippen LogP contribution in [0.15, 0.2) is 12.1 Å². The van der Waals surface area contributed by atoms with Gasteiger partial charge in [0.25, 0.3) is 0 Å². The Labute approximate surface area is 107 Å². The molecule has 6 nitrogen and oxygen atoms in total. The maximum absolute atomic E-state index is 10.9. The zero-order valence-corrected chi connectivity index (χ0v) is 11.2. The van der Waals surface area contributed by atoms with E-state index in [0.717, 1.165) is 6.54 Å². The quantitative estimate of drug-likeness (QED) is 0.601. The molecule has 1 atom stereocenters. The fourth-order valence-corrected chi connectivity index (χ4v) is 1.37. The van der Waals surface area contributed by atoms with Crippen molar-refractivity contribution >= 4 is 17.3 Å². The van der Waals surface area contributed by atoms with Gasteiger partial charge in [0.05, 0.1) is 4.92 Å². The fraction of sp³-hybridized carbons (Fsp3) is 0.583. The average molecular weight is 252 g/mol. The van der Waals surface area contributed by atoms with Crippen LogP contribution in [0.3, 0.4) is 0 Å². The first-order valence-electron chi connectivity index (χ1n) is 6.11. The van der Waals surface area contributed by atoms with E-state index < -0.39 is 4.92 Å². The van der Waals surface area contributed by atoms with E-state index in [4.69, 9.17) is 0 Å². The SMILES string of the molecule is CCNc1ccc([N+](=O)[O-])c(NC(C)C(C)C)n1. The van der Waals surface area contributed by atoms with Crippen LogP contribution in [0.1, 0.15) is 27.7 Å². The summed E-state index contributed by atoms with van der Waals surface area (Å²) in [5.74, 6) is 1.33. The fourth-order valence-electron chi connectivity index (χ4n) is 1.37. The van der Waals surface area contributed by atoms with Crippen molar-refractivity contribution in [1.82, 2.24) is 4.98 Å². The number of hydrogen-bond donors (Lipinski definition) is 2. The molecule has 1 aromatic rings. The molecule has 1 aromatic heterocycles. The van der Waals surface area contributed by atoms with Gasteiger partial charge in [0, 0.05) is 18.7 Å². The van der Waals surface area contributed by atoms with E-state index in [2.05, 4.69) is 29.5 Å². The molecule has 6 heteroatoms. The second-order valence-electron chi connectivity index (χ2n) is 4.53. The van der Waals surface area contributed by atoms with Crippen molar-refractivity contribution in [1.29, 1.82) is 0 Å². The first kappa shape index (κ1) is 14.2. The smallest absolute Gasteiger partial charge is 0.311 e. The second kappa shape index (κ2) is 6.18. The topological polar surface area (TPSA) is 80.1 Å². The monoisotopic (exact) mass is 252 g/mol. The highest BCUT2D eigenvalue weighted by atomic mass is 16.6. The van der Waals surface area contributed by atoms with Crippen molar-refractivity contribution in [3.63, 3.8) is 0 Å². The molecule has 0 saturated carbocycles. The van der Waals surface area contributed by atoms with Crippen LogP contribution >= 0.6 is 0 Å². The van der Waals surface area contributed by atoms with E-state index in [9.17, 15) is 10.1 Å². The number of nitrogens with zero attached hydrogens (tertiary/aromatic N) is 2. The van der Waals surface area contributed by atoms with Crippen molar-refractivity contribution in [2.24, 2.45) is 5.92 Å². The van der Waals surface area contributed by atoms with Gasteiger partial charge in [0.15, 0.2) is 0 Å². The van der Waals surface area contributed by atoms with E-state index in [1.54, 1.807) is 6.07 Å².